The number of hydrogen-bond donors (Lipinski definition) is 0. The van der Waals surface area contributed by atoms with Crippen LogP contribution in [0.25, 0.3) is 0 Å². The monoisotopic (exact) mass is 88.1 g/mol. The fraction of sp³-hybridized carbons (Fsp3) is 1.00. The van der Waals surface area contributed by atoms with Gasteiger partial charge in [-0.15, -0.1) is 0 Å². The van der Waals surface area contributed by atoms with Crippen LogP contribution in [0.3, 0.4) is 0 Å². The summed E-state index contributed by atoms with van der Waals surface area (Å²) in [6, 6.07) is 0. The Morgan fingerprint density at radius 2 is 2.33 bits per heavy atom. The number of rotatable bonds is 3. The third-order valence-corrected chi connectivity index (χ3v) is 0.405. The van der Waals surface area contributed by atoms with Gasteiger partial charge in [0.1, 0.15) is 7.85 Å². The second-order valence-corrected chi connectivity index (χ2v) is 0.989. The largest absolute Gasteiger partial charge is 0.240 e. The molecule has 3 heteroatoms. The highest BCUT2D eigenvalue weighted by Crippen LogP contribution is 1.74. The first-order chi connectivity index (χ1) is 2.91. The van der Waals surface area contributed by atoms with Crippen molar-refractivity contribution >= 4 is 7.85 Å². The molecule has 0 bridgehead atoms. The highest BCUT2D eigenvalue weighted by atomic mass is 17.2. The van der Waals surface area contributed by atoms with E-state index in [1.165, 1.54) is 7.11 Å². The zero-order valence-corrected chi connectivity index (χ0v) is 4.23. The lowest BCUT2D eigenvalue weighted by Gasteiger charge is -1.90. The predicted molar refractivity (Wildman–Crippen MR) is 26.3 cm³/mol. The fourth-order valence-corrected chi connectivity index (χ4v) is 0.167. The van der Waals surface area contributed by atoms with Crippen molar-refractivity contribution < 1.29 is 9.78 Å². The van der Waals surface area contributed by atoms with Crippen LogP contribution in [-0.2, 0) is 9.78 Å². The van der Waals surface area contributed by atoms with Crippen LogP contribution in [0.15, 0.2) is 0 Å². The molecule has 0 heterocycles. The fourth-order valence-electron chi connectivity index (χ4n) is 0.167. The summed E-state index contributed by atoms with van der Waals surface area (Å²) in [6.07, 6.45) is 1.01. The van der Waals surface area contributed by atoms with Crippen molar-refractivity contribution in [3.63, 3.8) is 0 Å². The van der Waals surface area contributed by atoms with E-state index in [0.717, 1.165) is 6.32 Å². The molecule has 0 saturated heterocycles. The first-order valence-corrected chi connectivity index (χ1v) is 2.07. The molecule has 0 aliphatic heterocycles. The van der Waals surface area contributed by atoms with Crippen molar-refractivity contribution in [1.82, 2.24) is 0 Å². The SMILES string of the molecule is BCCOOC. The summed E-state index contributed by atoms with van der Waals surface area (Å²) >= 11 is 0. The van der Waals surface area contributed by atoms with Crippen molar-refractivity contribution in [3.05, 3.63) is 0 Å². The van der Waals surface area contributed by atoms with Crippen molar-refractivity contribution in [3.8, 4) is 0 Å². The maximum atomic E-state index is 4.48. The quantitative estimate of drug-likeness (QED) is 0.202. The molecule has 0 spiro atoms. The van der Waals surface area contributed by atoms with Gasteiger partial charge in [-0.05, 0) is 0 Å². The van der Waals surface area contributed by atoms with Gasteiger partial charge in [-0.3, -0.25) is 0 Å². The summed E-state index contributed by atoms with van der Waals surface area (Å²) < 4.78 is 0. The van der Waals surface area contributed by atoms with Crippen LogP contribution in [0.5, 0.6) is 0 Å². The standard InChI is InChI=1S/C3H9BO2/c1-5-6-3-2-4/h2-4H2,1H3. The summed E-state index contributed by atoms with van der Waals surface area (Å²) in [5, 5.41) is 0. The molecule has 0 aromatic rings. The molecule has 0 radical (unpaired) electrons. The molecule has 0 saturated carbocycles. The van der Waals surface area contributed by atoms with Crippen LogP contribution in [0, 0.1) is 0 Å². The minimum atomic E-state index is 0.691. The zero-order chi connectivity index (χ0) is 4.83. The van der Waals surface area contributed by atoms with Crippen LogP contribution >= 0.6 is 0 Å². The second kappa shape index (κ2) is 4.98. The molecule has 0 aliphatic carbocycles. The van der Waals surface area contributed by atoms with Gasteiger partial charge < -0.3 is 0 Å². The lowest BCUT2D eigenvalue weighted by Crippen LogP contribution is -1.89. The minimum absolute atomic E-state index is 0.691. The Hall–Kier alpha value is -0.0151. The average Bonchev–Trinajstić information content (AvgIpc) is 1.61. The Morgan fingerprint density at radius 1 is 1.67 bits per heavy atom. The molecule has 0 unspecified atom stereocenters. The van der Waals surface area contributed by atoms with E-state index in [9.17, 15) is 0 Å². The Bertz CT molecular complexity index is 20.8. The Labute approximate surface area is 38.8 Å². The van der Waals surface area contributed by atoms with Gasteiger partial charge in [0.2, 0.25) is 0 Å². The Kier molecular flexibility index (Phi) is 4.97. The Morgan fingerprint density at radius 3 is 2.50 bits per heavy atom. The van der Waals surface area contributed by atoms with Crippen LogP contribution in [0.1, 0.15) is 0 Å². The molecule has 0 aliphatic rings. The normalized spacial score (nSPS) is 8.83. The molecule has 0 rings (SSSR count). The molecule has 0 fully saturated rings. The van der Waals surface area contributed by atoms with E-state index in [-0.39, 0.29) is 0 Å². The third-order valence-electron chi connectivity index (χ3n) is 0.405. The molecule has 36 valence electrons. The van der Waals surface area contributed by atoms with Gasteiger partial charge >= 0.3 is 0 Å². The molecule has 0 amide bonds. The maximum Gasteiger partial charge on any atom is 0.104 e. The summed E-state index contributed by atoms with van der Waals surface area (Å²) in [5.74, 6) is 0. The third kappa shape index (κ3) is 3.98. The first-order valence-electron chi connectivity index (χ1n) is 2.07. The van der Waals surface area contributed by atoms with Gasteiger partial charge in [0.25, 0.3) is 0 Å². The highest BCUT2D eigenvalue weighted by Gasteiger charge is 1.74. The molecule has 0 atom stereocenters. The van der Waals surface area contributed by atoms with Gasteiger partial charge in [0.15, 0.2) is 0 Å². The maximum absolute atomic E-state index is 4.48. The molecule has 0 N–H and O–H groups in total. The predicted octanol–water partition coefficient (Wildman–Crippen LogP) is -0.384. The smallest absolute Gasteiger partial charge is 0.104 e. The highest BCUT2D eigenvalue weighted by molar-refractivity contribution is 6.08. The van der Waals surface area contributed by atoms with E-state index < -0.39 is 0 Å². The van der Waals surface area contributed by atoms with E-state index in [1.807, 2.05) is 7.85 Å². The summed E-state index contributed by atoms with van der Waals surface area (Å²) in [4.78, 5) is 8.76. The van der Waals surface area contributed by atoms with E-state index in [2.05, 4.69) is 9.78 Å². The summed E-state index contributed by atoms with van der Waals surface area (Å²) in [6.45, 7) is 0.691. The van der Waals surface area contributed by atoms with Gasteiger partial charge in [-0.25, -0.2) is 9.78 Å². The van der Waals surface area contributed by atoms with Crippen molar-refractivity contribution in [2.75, 3.05) is 13.7 Å². The van der Waals surface area contributed by atoms with Crippen LogP contribution in [-0.4, -0.2) is 21.6 Å². The molecule has 2 nitrogen and oxygen atoms in total. The topological polar surface area (TPSA) is 18.5 Å². The van der Waals surface area contributed by atoms with Crippen molar-refractivity contribution in [2.45, 2.75) is 6.32 Å². The van der Waals surface area contributed by atoms with Crippen LogP contribution < -0.4 is 0 Å². The lowest BCUT2D eigenvalue weighted by molar-refractivity contribution is -0.268. The molecule has 0 aromatic carbocycles. The molecule has 6 heavy (non-hydrogen) atoms. The Balaban J connectivity index is 2.34. The number of hydrogen-bond acceptors (Lipinski definition) is 2. The first kappa shape index (κ1) is 5.98. The summed E-state index contributed by atoms with van der Waals surface area (Å²) in [7, 11) is 3.54. The van der Waals surface area contributed by atoms with Crippen LogP contribution in [0.4, 0.5) is 0 Å². The van der Waals surface area contributed by atoms with Crippen molar-refractivity contribution in [2.24, 2.45) is 0 Å². The molecule has 0 aromatic heterocycles. The minimum Gasteiger partial charge on any atom is -0.240 e. The van der Waals surface area contributed by atoms with Gasteiger partial charge in [0.05, 0.1) is 13.7 Å². The van der Waals surface area contributed by atoms with Gasteiger partial charge in [-0.2, -0.15) is 0 Å². The van der Waals surface area contributed by atoms with Crippen LogP contribution in [0.2, 0.25) is 6.32 Å². The summed E-state index contributed by atoms with van der Waals surface area (Å²) in [5.41, 5.74) is 0. The molecular weight excluding hydrogens is 78.8 g/mol. The average molecular weight is 87.9 g/mol. The van der Waals surface area contributed by atoms with E-state index in [4.69, 9.17) is 0 Å². The second-order valence-electron chi connectivity index (χ2n) is 0.989. The van der Waals surface area contributed by atoms with E-state index in [0.29, 0.717) is 6.61 Å². The van der Waals surface area contributed by atoms with Gasteiger partial charge in [-0.1, -0.05) is 6.32 Å². The zero-order valence-electron chi connectivity index (χ0n) is 4.23. The van der Waals surface area contributed by atoms with E-state index in [1.54, 1.807) is 0 Å². The van der Waals surface area contributed by atoms with E-state index >= 15 is 0 Å². The van der Waals surface area contributed by atoms with Gasteiger partial charge in [0, 0.05) is 0 Å². The van der Waals surface area contributed by atoms with Crippen molar-refractivity contribution in [1.29, 1.82) is 0 Å². The molecular formula is C3H9BO2. The lowest BCUT2D eigenvalue weighted by atomic mass is 10.1.